The molecule has 0 radical (unpaired) electrons. The van der Waals surface area contributed by atoms with Crippen molar-refractivity contribution in [3.63, 3.8) is 0 Å². The summed E-state index contributed by atoms with van der Waals surface area (Å²) in [5.74, 6) is 0.185. The molecule has 0 heterocycles. The van der Waals surface area contributed by atoms with Gasteiger partial charge in [0, 0.05) is 32.7 Å². The molecule has 1 aromatic rings. The standard InChI is InChI=1S/C16H26N2O/c1-16(2,3)13-8-10-14(11-9-13)17-12-6-7-15(19)18(4)5/h8-11,17H,6-7,12H2,1-5H3. The average molecular weight is 262 g/mol. The second-order valence-electron chi connectivity index (χ2n) is 6.15. The Balaban J connectivity index is 2.37. The van der Waals surface area contributed by atoms with Crippen LogP contribution in [0, 0.1) is 0 Å². The first-order valence-electron chi connectivity index (χ1n) is 6.85. The van der Waals surface area contributed by atoms with E-state index < -0.39 is 0 Å². The molecule has 0 atom stereocenters. The van der Waals surface area contributed by atoms with Crippen LogP contribution in [0.1, 0.15) is 39.2 Å². The van der Waals surface area contributed by atoms with Crippen molar-refractivity contribution in [3.05, 3.63) is 29.8 Å². The van der Waals surface area contributed by atoms with Gasteiger partial charge in [-0.05, 0) is 29.5 Å². The van der Waals surface area contributed by atoms with Gasteiger partial charge in [0.1, 0.15) is 0 Å². The molecule has 0 aromatic heterocycles. The van der Waals surface area contributed by atoms with Gasteiger partial charge >= 0.3 is 0 Å². The molecule has 0 spiro atoms. The van der Waals surface area contributed by atoms with E-state index in [-0.39, 0.29) is 11.3 Å². The van der Waals surface area contributed by atoms with Crippen molar-refractivity contribution in [3.8, 4) is 0 Å². The second kappa shape index (κ2) is 6.60. The van der Waals surface area contributed by atoms with Crippen molar-refractivity contribution in [1.82, 2.24) is 4.90 Å². The van der Waals surface area contributed by atoms with E-state index in [1.165, 1.54) is 5.56 Å². The summed E-state index contributed by atoms with van der Waals surface area (Å²) in [7, 11) is 3.59. The maximum atomic E-state index is 11.4. The van der Waals surface area contributed by atoms with Gasteiger partial charge in [-0.25, -0.2) is 0 Å². The number of hydrogen-bond donors (Lipinski definition) is 1. The van der Waals surface area contributed by atoms with E-state index in [4.69, 9.17) is 0 Å². The Labute approximate surface area is 117 Å². The van der Waals surface area contributed by atoms with Crippen LogP contribution in [-0.4, -0.2) is 31.4 Å². The number of benzene rings is 1. The Hall–Kier alpha value is -1.51. The minimum Gasteiger partial charge on any atom is -0.385 e. The number of carbonyl (C=O) groups excluding carboxylic acids is 1. The van der Waals surface area contributed by atoms with Crippen LogP contribution >= 0.6 is 0 Å². The predicted molar refractivity (Wildman–Crippen MR) is 81.6 cm³/mol. The zero-order valence-electron chi connectivity index (χ0n) is 12.8. The minimum atomic E-state index is 0.185. The van der Waals surface area contributed by atoms with E-state index in [0.717, 1.165) is 18.7 Å². The molecule has 1 N–H and O–H groups in total. The van der Waals surface area contributed by atoms with E-state index in [1.807, 2.05) is 0 Å². The molecule has 0 fully saturated rings. The Bertz CT molecular complexity index is 402. The molecule has 3 heteroatoms. The number of nitrogens with zero attached hydrogens (tertiary/aromatic N) is 1. The monoisotopic (exact) mass is 262 g/mol. The van der Waals surface area contributed by atoms with Crippen LogP contribution in [0.25, 0.3) is 0 Å². The third kappa shape index (κ3) is 5.33. The van der Waals surface area contributed by atoms with Gasteiger partial charge in [0.25, 0.3) is 0 Å². The highest BCUT2D eigenvalue weighted by Gasteiger charge is 2.12. The molecule has 1 rings (SSSR count). The van der Waals surface area contributed by atoms with Crippen LogP contribution in [-0.2, 0) is 10.2 Å². The third-order valence-corrected chi connectivity index (χ3v) is 3.15. The fraction of sp³-hybridized carbons (Fsp3) is 0.562. The molecule has 0 bridgehead atoms. The molecule has 0 aliphatic carbocycles. The SMILES string of the molecule is CN(C)C(=O)CCCNc1ccc(C(C)(C)C)cc1. The maximum absolute atomic E-state index is 11.4. The maximum Gasteiger partial charge on any atom is 0.222 e. The summed E-state index contributed by atoms with van der Waals surface area (Å²) < 4.78 is 0. The molecule has 0 unspecified atom stereocenters. The number of nitrogens with one attached hydrogen (secondary N) is 1. The average Bonchev–Trinajstić information content (AvgIpc) is 2.33. The van der Waals surface area contributed by atoms with Gasteiger partial charge < -0.3 is 10.2 Å². The first kappa shape index (κ1) is 15.5. The largest absolute Gasteiger partial charge is 0.385 e. The van der Waals surface area contributed by atoms with Gasteiger partial charge in [0.15, 0.2) is 0 Å². The smallest absolute Gasteiger partial charge is 0.222 e. The topological polar surface area (TPSA) is 32.3 Å². The summed E-state index contributed by atoms with van der Waals surface area (Å²) in [4.78, 5) is 13.0. The highest BCUT2D eigenvalue weighted by Crippen LogP contribution is 2.23. The number of rotatable bonds is 5. The zero-order valence-corrected chi connectivity index (χ0v) is 12.8. The Kier molecular flexibility index (Phi) is 5.40. The zero-order chi connectivity index (χ0) is 14.5. The Morgan fingerprint density at radius 1 is 1.16 bits per heavy atom. The van der Waals surface area contributed by atoms with E-state index in [2.05, 4.69) is 50.4 Å². The molecule has 1 amide bonds. The lowest BCUT2D eigenvalue weighted by Crippen LogP contribution is -2.22. The van der Waals surface area contributed by atoms with Crippen LogP contribution in [0.2, 0.25) is 0 Å². The quantitative estimate of drug-likeness (QED) is 0.826. The van der Waals surface area contributed by atoms with Gasteiger partial charge in [-0.2, -0.15) is 0 Å². The lowest BCUT2D eigenvalue weighted by Gasteiger charge is -2.19. The van der Waals surface area contributed by atoms with Gasteiger partial charge in [-0.15, -0.1) is 0 Å². The van der Waals surface area contributed by atoms with E-state index in [1.54, 1.807) is 19.0 Å². The van der Waals surface area contributed by atoms with Crippen molar-refractivity contribution in [1.29, 1.82) is 0 Å². The number of amides is 1. The van der Waals surface area contributed by atoms with Crippen LogP contribution in [0.4, 0.5) is 5.69 Å². The molecule has 0 saturated carbocycles. The fourth-order valence-electron chi connectivity index (χ4n) is 1.78. The van der Waals surface area contributed by atoms with Gasteiger partial charge in [0.2, 0.25) is 5.91 Å². The highest BCUT2D eigenvalue weighted by molar-refractivity contribution is 5.75. The first-order valence-corrected chi connectivity index (χ1v) is 6.85. The number of hydrogen-bond acceptors (Lipinski definition) is 2. The van der Waals surface area contributed by atoms with Crippen molar-refractivity contribution in [2.24, 2.45) is 0 Å². The molecule has 0 saturated heterocycles. The molecular weight excluding hydrogens is 236 g/mol. The third-order valence-electron chi connectivity index (χ3n) is 3.15. The normalized spacial score (nSPS) is 11.2. The Morgan fingerprint density at radius 2 is 1.74 bits per heavy atom. The molecule has 3 nitrogen and oxygen atoms in total. The lowest BCUT2D eigenvalue weighted by atomic mass is 9.87. The summed E-state index contributed by atoms with van der Waals surface area (Å²) in [6.45, 7) is 7.46. The van der Waals surface area contributed by atoms with E-state index in [9.17, 15) is 4.79 Å². The summed E-state index contributed by atoms with van der Waals surface area (Å²) in [5, 5.41) is 3.35. The number of anilines is 1. The number of carbonyl (C=O) groups is 1. The van der Waals surface area contributed by atoms with Crippen LogP contribution in [0.5, 0.6) is 0 Å². The van der Waals surface area contributed by atoms with Crippen molar-refractivity contribution in [2.75, 3.05) is 26.0 Å². The van der Waals surface area contributed by atoms with Gasteiger partial charge in [0.05, 0.1) is 0 Å². The van der Waals surface area contributed by atoms with Crippen LogP contribution in [0.3, 0.4) is 0 Å². The first-order chi connectivity index (χ1) is 8.80. The van der Waals surface area contributed by atoms with E-state index >= 15 is 0 Å². The van der Waals surface area contributed by atoms with E-state index in [0.29, 0.717) is 6.42 Å². The predicted octanol–water partition coefficient (Wildman–Crippen LogP) is 3.26. The van der Waals surface area contributed by atoms with Crippen LogP contribution < -0.4 is 5.32 Å². The molecular formula is C16H26N2O. The highest BCUT2D eigenvalue weighted by atomic mass is 16.2. The molecule has 1 aromatic carbocycles. The molecule has 0 aliphatic heterocycles. The minimum absolute atomic E-state index is 0.185. The van der Waals surface area contributed by atoms with Crippen molar-refractivity contribution >= 4 is 11.6 Å². The van der Waals surface area contributed by atoms with Crippen LogP contribution in [0.15, 0.2) is 24.3 Å². The molecule has 106 valence electrons. The van der Waals surface area contributed by atoms with Gasteiger partial charge in [-0.3, -0.25) is 4.79 Å². The second-order valence-corrected chi connectivity index (χ2v) is 6.15. The summed E-state index contributed by atoms with van der Waals surface area (Å²) >= 11 is 0. The summed E-state index contributed by atoms with van der Waals surface area (Å²) in [6.07, 6.45) is 1.46. The summed E-state index contributed by atoms with van der Waals surface area (Å²) in [6, 6.07) is 8.53. The molecule has 19 heavy (non-hydrogen) atoms. The van der Waals surface area contributed by atoms with Crippen molar-refractivity contribution < 1.29 is 4.79 Å². The van der Waals surface area contributed by atoms with Gasteiger partial charge in [-0.1, -0.05) is 32.9 Å². The molecule has 0 aliphatic rings. The lowest BCUT2D eigenvalue weighted by molar-refractivity contribution is -0.128. The fourth-order valence-corrected chi connectivity index (χ4v) is 1.78. The van der Waals surface area contributed by atoms with Crippen molar-refractivity contribution in [2.45, 2.75) is 39.0 Å². The summed E-state index contributed by atoms with van der Waals surface area (Å²) in [5.41, 5.74) is 2.64. The Morgan fingerprint density at radius 3 is 2.21 bits per heavy atom.